The largest absolute Gasteiger partial charge is 0.341 e. The smallest absolute Gasteiger partial charge is 0.239 e. The first-order valence-electron chi connectivity index (χ1n) is 9.52. The Morgan fingerprint density at radius 2 is 1.96 bits per heavy atom. The first-order valence-corrected chi connectivity index (χ1v) is 10.5. The molecule has 3 nitrogen and oxygen atoms in total. The molecule has 2 saturated heterocycles. The normalized spacial score (nSPS) is 31.4. The van der Waals surface area contributed by atoms with E-state index in [1.807, 2.05) is 11.8 Å². The van der Waals surface area contributed by atoms with E-state index in [9.17, 15) is 4.79 Å². The Morgan fingerprint density at radius 1 is 1.16 bits per heavy atom. The lowest BCUT2D eigenvalue weighted by Crippen LogP contribution is -2.44. The molecular formula is C20H29ClN2OS. The zero-order valence-corrected chi connectivity index (χ0v) is 16.4. The van der Waals surface area contributed by atoms with Crippen molar-refractivity contribution in [2.24, 2.45) is 11.8 Å². The maximum absolute atomic E-state index is 12.9. The molecule has 138 valence electrons. The fourth-order valence-electron chi connectivity index (χ4n) is 4.63. The van der Waals surface area contributed by atoms with Crippen molar-refractivity contribution in [3.8, 4) is 0 Å². The zero-order chi connectivity index (χ0) is 16.4. The Morgan fingerprint density at radius 3 is 2.76 bits per heavy atom. The number of nitrogens with one attached hydrogen (secondary N) is 1. The number of hydrogen-bond donors (Lipinski definition) is 1. The van der Waals surface area contributed by atoms with Crippen LogP contribution in [0, 0.1) is 11.8 Å². The maximum atomic E-state index is 12.9. The molecule has 0 radical (unpaired) electrons. The Hall–Kier alpha value is -0.710. The molecule has 2 heterocycles. The number of halogens is 1. The third-order valence-corrected chi connectivity index (χ3v) is 7.23. The predicted octanol–water partition coefficient (Wildman–Crippen LogP) is 3.97. The van der Waals surface area contributed by atoms with Crippen molar-refractivity contribution in [1.29, 1.82) is 0 Å². The summed E-state index contributed by atoms with van der Waals surface area (Å²) >= 11 is 1.93. The van der Waals surface area contributed by atoms with Crippen molar-refractivity contribution in [2.75, 3.05) is 18.8 Å². The minimum atomic E-state index is 0. The molecule has 4 rings (SSSR count). The molecule has 4 atom stereocenters. The summed E-state index contributed by atoms with van der Waals surface area (Å²) < 4.78 is 0. The van der Waals surface area contributed by atoms with E-state index in [4.69, 9.17) is 0 Å². The number of rotatable bonds is 4. The molecule has 1 aliphatic carbocycles. The number of likely N-dealkylation sites (tertiary alicyclic amines) is 1. The number of thioether (sulfide) groups is 1. The second-order valence-electron chi connectivity index (χ2n) is 7.67. The van der Waals surface area contributed by atoms with Crippen LogP contribution in [0.3, 0.4) is 0 Å². The molecule has 1 aromatic rings. The molecule has 1 saturated carbocycles. The van der Waals surface area contributed by atoms with E-state index in [0.29, 0.717) is 17.9 Å². The number of hydrogen-bond acceptors (Lipinski definition) is 3. The number of amides is 1. The van der Waals surface area contributed by atoms with E-state index in [2.05, 4.69) is 40.5 Å². The summed E-state index contributed by atoms with van der Waals surface area (Å²) in [6, 6.07) is 11.3. The van der Waals surface area contributed by atoms with Gasteiger partial charge in [-0.3, -0.25) is 4.79 Å². The highest BCUT2D eigenvalue weighted by Gasteiger charge is 2.40. The van der Waals surface area contributed by atoms with E-state index in [-0.39, 0.29) is 18.4 Å². The van der Waals surface area contributed by atoms with Crippen molar-refractivity contribution in [3.05, 3.63) is 30.3 Å². The van der Waals surface area contributed by atoms with Crippen LogP contribution >= 0.6 is 24.2 Å². The van der Waals surface area contributed by atoms with E-state index in [1.165, 1.54) is 30.6 Å². The lowest BCUT2D eigenvalue weighted by atomic mass is 9.85. The SMILES string of the molecule is Cl.O=C(C1CC2CCCCC2N1)N1CCC(CSc2ccccc2)C1. The number of fused-ring (bicyclic) bond motifs is 1. The third kappa shape index (κ3) is 4.53. The number of carbonyl (C=O) groups excluding carboxylic acids is 1. The van der Waals surface area contributed by atoms with Crippen molar-refractivity contribution in [3.63, 3.8) is 0 Å². The van der Waals surface area contributed by atoms with Crippen LogP contribution in [0.15, 0.2) is 35.2 Å². The Kier molecular flexibility index (Phi) is 6.70. The quantitative estimate of drug-likeness (QED) is 0.802. The molecule has 25 heavy (non-hydrogen) atoms. The van der Waals surface area contributed by atoms with E-state index in [1.54, 1.807) is 0 Å². The van der Waals surface area contributed by atoms with Gasteiger partial charge in [0.2, 0.25) is 5.91 Å². The van der Waals surface area contributed by atoms with Gasteiger partial charge in [-0.05, 0) is 49.7 Å². The zero-order valence-electron chi connectivity index (χ0n) is 14.7. The summed E-state index contributed by atoms with van der Waals surface area (Å²) in [5.41, 5.74) is 0. The van der Waals surface area contributed by atoms with Crippen LogP contribution in [0.1, 0.15) is 38.5 Å². The monoisotopic (exact) mass is 380 g/mol. The van der Waals surface area contributed by atoms with Crippen LogP contribution in [0.5, 0.6) is 0 Å². The van der Waals surface area contributed by atoms with Crippen molar-refractivity contribution >= 4 is 30.1 Å². The summed E-state index contributed by atoms with van der Waals surface area (Å²) in [5, 5.41) is 3.65. The molecule has 0 spiro atoms. The highest BCUT2D eigenvalue weighted by atomic mass is 35.5. The van der Waals surface area contributed by atoms with Crippen LogP contribution in [0.4, 0.5) is 0 Å². The Labute approximate surface area is 161 Å². The van der Waals surface area contributed by atoms with Gasteiger partial charge in [0, 0.05) is 29.8 Å². The van der Waals surface area contributed by atoms with Crippen LogP contribution < -0.4 is 5.32 Å². The van der Waals surface area contributed by atoms with Gasteiger partial charge in [-0.1, -0.05) is 31.0 Å². The molecule has 2 aliphatic heterocycles. The van der Waals surface area contributed by atoms with Gasteiger partial charge in [0.1, 0.15) is 0 Å². The molecular weight excluding hydrogens is 352 g/mol. The van der Waals surface area contributed by atoms with Gasteiger partial charge >= 0.3 is 0 Å². The minimum absolute atomic E-state index is 0. The van der Waals surface area contributed by atoms with Crippen LogP contribution in [0.2, 0.25) is 0 Å². The van der Waals surface area contributed by atoms with Gasteiger partial charge in [0.15, 0.2) is 0 Å². The van der Waals surface area contributed by atoms with E-state index in [0.717, 1.165) is 37.6 Å². The summed E-state index contributed by atoms with van der Waals surface area (Å²) in [4.78, 5) is 16.3. The number of benzene rings is 1. The van der Waals surface area contributed by atoms with Gasteiger partial charge in [0.25, 0.3) is 0 Å². The lowest BCUT2D eigenvalue weighted by molar-refractivity contribution is -0.132. The summed E-state index contributed by atoms with van der Waals surface area (Å²) in [6.07, 6.45) is 7.50. The second kappa shape index (κ2) is 8.79. The van der Waals surface area contributed by atoms with Crippen molar-refractivity contribution < 1.29 is 4.79 Å². The molecule has 4 unspecified atom stereocenters. The van der Waals surface area contributed by atoms with Gasteiger partial charge < -0.3 is 10.2 Å². The van der Waals surface area contributed by atoms with Crippen molar-refractivity contribution in [1.82, 2.24) is 10.2 Å². The molecule has 1 aromatic carbocycles. The molecule has 3 fully saturated rings. The minimum Gasteiger partial charge on any atom is -0.341 e. The molecule has 0 aromatic heterocycles. The standard InChI is InChI=1S/C20H28N2OS.ClH/c23-20(19-12-16-6-4-5-9-18(16)21-19)22-11-10-15(13-22)14-24-17-7-2-1-3-8-17;/h1-3,7-8,15-16,18-19,21H,4-6,9-14H2;1H. The van der Waals surface area contributed by atoms with Gasteiger partial charge in [0.05, 0.1) is 6.04 Å². The van der Waals surface area contributed by atoms with Crippen LogP contribution in [-0.4, -0.2) is 41.7 Å². The summed E-state index contributed by atoms with van der Waals surface area (Å²) in [7, 11) is 0. The fourth-order valence-corrected chi connectivity index (χ4v) is 5.68. The Bertz CT molecular complexity index is 556. The fraction of sp³-hybridized carbons (Fsp3) is 0.650. The topological polar surface area (TPSA) is 32.3 Å². The van der Waals surface area contributed by atoms with Gasteiger partial charge in [-0.2, -0.15) is 0 Å². The van der Waals surface area contributed by atoms with Crippen LogP contribution in [-0.2, 0) is 4.79 Å². The molecule has 1 amide bonds. The maximum Gasteiger partial charge on any atom is 0.239 e. The molecule has 3 aliphatic rings. The van der Waals surface area contributed by atoms with Gasteiger partial charge in [-0.25, -0.2) is 0 Å². The Balaban J connectivity index is 0.00000182. The molecule has 1 N–H and O–H groups in total. The van der Waals surface area contributed by atoms with E-state index < -0.39 is 0 Å². The lowest BCUT2D eigenvalue weighted by Gasteiger charge is -2.24. The molecule has 5 heteroatoms. The predicted molar refractivity (Wildman–Crippen MR) is 106 cm³/mol. The highest BCUT2D eigenvalue weighted by molar-refractivity contribution is 7.99. The average molecular weight is 381 g/mol. The van der Waals surface area contributed by atoms with Gasteiger partial charge in [-0.15, -0.1) is 24.2 Å². The molecule has 0 bridgehead atoms. The third-order valence-electron chi connectivity index (χ3n) is 5.99. The second-order valence-corrected chi connectivity index (χ2v) is 8.76. The number of nitrogens with zero attached hydrogens (tertiary/aromatic N) is 1. The van der Waals surface area contributed by atoms with Crippen molar-refractivity contribution in [2.45, 2.75) is 55.5 Å². The average Bonchev–Trinajstić information content (AvgIpc) is 3.27. The first kappa shape index (κ1) is 19.1. The summed E-state index contributed by atoms with van der Waals surface area (Å²) in [5.74, 6) is 2.89. The van der Waals surface area contributed by atoms with Crippen LogP contribution in [0.25, 0.3) is 0 Å². The summed E-state index contributed by atoms with van der Waals surface area (Å²) in [6.45, 7) is 1.90. The number of carbonyl (C=O) groups is 1. The first-order chi connectivity index (χ1) is 11.8. The highest BCUT2D eigenvalue weighted by Crippen LogP contribution is 2.34. The van der Waals surface area contributed by atoms with E-state index >= 15 is 0 Å².